The molecule has 0 radical (unpaired) electrons. The lowest BCUT2D eigenvalue weighted by Gasteiger charge is -2.14. The molecule has 0 saturated carbocycles. The third-order valence-corrected chi connectivity index (χ3v) is 3.41. The van der Waals surface area contributed by atoms with Crippen molar-refractivity contribution in [3.05, 3.63) is 29.3 Å². The predicted octanol–water partition coefficient (Wildman–Crippen LogP) is 1.77. The first kappa shape index (κ1) is 17.2. The molecule has 1 aromatic rings. The van der Waals surface area contributed by atoms with Crippen LogP contribution in [-0.4, -0.2) is 29.6 Å². The molecule has 2 atom stereocenters. The maximum absolute atomic E-state index is 11.8. The molecule has 1 aromatic carbocycles. The van der Waals surface area contributed by atoms with E-state index in [1.54, 1.807) is 13.0 Å². The Morgan fingerprint density at radius 3 is 2.48 bits per heavy atom. The Labute approximate surface area is 125 Å². The third-order valence-electron chi connectivity index (χ3n) is 3.41. The average molecular weight is 292 g/mol. The Bertz CT molecular complexity index is 512. The normalized spacial score (nSPS) is 13.4. The van der Waals surface area contributed by atoms with Crippen molar-refractivity contribution in [2.75, 3.05) is 11.9 Å². The molecule has 2 amide bonds. The van der Waals surface area contributed by atoms with Gasteiger partial charge in [-0.3, -0.25) is 9.59 Å². The molecule has 0 saturated heterocycles. The number of benzene rings is 1. The standard InChI is InChI=1S/C16H24N2O3/c1-10(8-12(3)19)9-17-15(20)16(21)18-14-7-5-6-11(2)13(14)4/h5-7,10,12,19H,8-9H2,1-4H3,(H,17,20)(H,18,21). The lowest BCUT2D eigenvalue weighted by Crippen LogP contribution is -2.38. The first-order valence-electron chi connectivity index (χ1n) is 7.14. The van der Waals surface area contributed by atoms with Crippen LogP contribution in [0.25, 0.3) is 0 Å². The summed E-state index contributed by atoms with van der Waals surface area (Å²) in [6.07, 6.45) is 0.166. The minimum Gasteiger partial charge on any atom is -0.393 e. The number of anilines is 1. The Morgan fingerprint density at radius 1 is 1.19 bits per heavy atom. The molecular weight excluding hydrogens is 268 g/mol. The molecule has 0 heterocycles. The highest BCUT2D eigenvalue weighted by molar-refractivity contribution is 6.39. The van der Waals surface area contributed by atoms with E-state index in [4.69, 9.17) is 0 Å². The van der Waals surface area contributed by atoms with Gasteiger partial charge in [-0.05, 0) is 50.3 Å². The molecule has 0 aromatic heterocycles. The summed E-state index contributed by atoms with van der Waals surface area (Å²) in [4.78, 5) is 23.6. The van der Waals surface area contributed by atoms with Gasteiger partial charge < -0.3 is 15.7 Å². The number of carbonyl (C=O) groups excluding carboxylic acids is 2. The van der Waals surface area contributed by atoms with Gasteiger partial charge in [0.1, 0.15) is 0 Å². The summed E-state index contributed by atoms with van der Waals surface area (Å²) >= 11 is 0. The topological polar surface area (TPSA) is 78.4 Å². The summed E-state index contributed by atoms with van der Waals surface area (Å²) in [5.41, 5.74) is 2.65. The number of rotatable bonds is 5. The number of amides is 2. The quantitative estimate of drug-likeness (QED) is 0.724. The molecule has 5 nitrogen and oxygen atoms in total. The summed E-state index contributed by atoms with van der Waals surface area (Å²) in [6.45, 7) is 7.82. The molecular formula is C16H24N2O3. The number of hydrogen-bond donors (Lipinski definition) is 3. The summed E-state index contributed by atoms with van der Waals surface area (Å²) in [5.74, 6) is -1.22. The molecule has 3 N–H and O–H groups in total. The van der Waals surface area contributed by atoms with Gasteiger partial charge in [-0.15, -0.1) is 0 Å². The third kappa shape index (κ3) is 5.55. The number of hydrogen-bond acceptors (Lipinski definition) is 3. The van der Waals surface area contributed by atoms with E-state index < -0.39 is 17.9 Å². The van der Waals surface area contributed by atoms with Crippen molar-refractivity contribution >= 4 is 17.5 Å². The Kier molecular flexibility index (Phi) is 6.37. The van der Waals surface area contributed by atoms with E-state index in [9.17, 15) is 14.7 Å². The SMILES string of the molecule is Cc1cccc(NC(=O)C(=O)NCC(C)CC(C)O)c1C. The monoisotopic (exact) mass is 292 g/mol. The Balaban J connectivity index is 2.52. The largest absolute Gasteiger partial charge is 0.393 e. The second-order valence-electron chi connectivity index (χ2n) is 5.60. The van der Waals surface area contributed by atoms with E-state index in [1.165, 1.54) is 0 Å². The van der Waals surface area contributed by atoms with Gasteiger partial charge in [-0.25, -0.2) is 0 Å². The van der Waals surface area contributed by atoms with E-state index in [-0.39, 0.29) is 5.92 Å². The summed E-state index contributed by atoms with van der Waals surface area (Å²) < 4.78 is 0. The van der Waals surface area contributed by atoms with Crippen LogP contribution in [0.3, 0.4) is 0 Å². The van der Waals surface area contributed by atoms with Crippen LogP contribution in [0.2, 0.25) is 0 Å². The van der Waals surface area contributed by atoms with Gasteiger partial charge in [-0.1, -0.05) is 19.1 Å². The summed E-state index contributed by atoms with van der Waals surface area (Å²) in [5, 5.41) is 14.5. The lowest BCUT2D eigenvalue weighted by molar-refractivity contribution is -0.136. The number of nitrogens with one attached hydrogen (secondary N) is 2. The average Bonchev–Trinajstić information content (AvgIpc) is 2.40. The minimum absolute atomic E-state index is 0.113. The van der Waals surface area contributed by atoms with Gasteiger partial charge in [-0.2, -0.15) is 0 Å². The molecule has 21 heavy (non-hydrogen) atoms. The highest BCUT2D eigenvalue weighted by atomic mass is 16.3. The molecule has 1 rings (SSSR count). The zero-order valence-electron chi connectivity index (χ0n) is 13.1. The van der Waals surface area contributed by atoms with Gasteiger partial charge in [0.15, 0.2) is 0 Å². The number of carbonyl (C=O) groups is 2. The minimum atomic E-state index is -0.673. The van der Waals surface area contributed by atoms with Gasteiger partial charge in [0.25, 0.3) is 0 Å². The van der Waals surface area contributed by atoms with Crippen LogP contribution in [0.5, 0.6) is 0 Å². The molecule has 0 aliphatic carbocycles. The van der Waals surface area contributed by atoms with Crippen LogP contribution in [0.4, 0.5) is 5.69 Å². The van der Waals surface area contributed by atoms with E-state index in [0.29, 0.717) is 18.7 Å². The maximum Gasteiger partial charge on any atom is 0.313 e. The number of aliphatic hydroxyl groups excluding tert-OH is 1. The summed E-state index contributed by atoms with van der Waals surface area (Å²) in [6, 6.07) is 5.55. The first-order chi connectivity index (χ1) is 9.81. The fourth-order valence-electron chi connectivity index (χ4n) is 2.08. The van der Waals surface area contributed by atoms with Crippen molar-refractivity contribution in [3.63, 3.8) is 0 Å². The zero-order valence-corrected chi connectivity index (χ0v) is 13.1. The second kappa shape index (κ2) is 7.78. The van der Waals surface area contributed by atoms with Crippen LogP contribution in [0.15, 0.2) is 18.2 Å². The lowest BCUT2D eigenvalue weighted by atomic mass is 10.0. The van der Waals surface area contributed by atoms with E-state index in [0.717, 1.165) is 11.1 Å². The molecule has 0 spiro atoms. The van der Waals surface area contributed by atoms with Crippen molar-refractivity contribution in [1.29, 1.82) is 0 Å². The van der Waals surface area contributed by atoms with Gasteiger partial charge in [0.2, 0.25) is 0 Å². The molecule has 0 fully saturated rings. The highest BCUT2D eigenvalue weighted by Crippen LogP contribution is 2.17. The van der Waals surface area contributed by atoms with E-state index in [1.807, 2.05) is 32.9 Å². The molecule has 0 aliphatic heterocycles. The van der Waals surface area contributed by atoms with E-state index in [2.05, 4.69) is 10.6 Å². The van der Waals surface area contributed by atoms with Crippen molar-refractivity contribution in [2.24, 2.45) is 5.92 Å². The Morgan fingerprint density at radius 2 is 1.86 bits per heavy atom. The predicted molar refractivity (Wildman–Crippen MR) is 83.0 cm³/mol. The maximum atomic E-state index is 11.8. The highest BCUT2D eigenvalue weighted by Gasteiger charge is 2.16. The van der Waals surface area contributed by atoms with Gasteiger partial charge in [0, 0.05) is 12.2 Å². The first-order valence-corrected chi connectivity index (χ1v) is 7.14. The second-order valence-corrected chi connectivity index (χ2v) is 5.60. The fraction of sp³-hybridized carbons (Fsp3) is 0.500. The van der Waals surface area contributed by atoms with Crippen LogP contribution >= 0.6 is 0 Å². The smallest absolute Gasteiger partial charge is 0.313 e. The van der Waals surface area contributed by atoms with Crippen molar-refractivity contribution < 1.29 is 14.7 Å². The van der Waals surface area contributed by atoms with Crippen LogP contribution in [0, 0.1) is 19.8 Å². The number of aliphatic hydroxyl groups is 1. The number of aryl methyl sites for hydroxylation is 1. The molecule has 0 bridgehead atoms. The Hall–Kier alpha value is -1.88. The van der Waals surface area contributed by atoms with Crippen molar-refractivity contribution in [2.45, 2.75) is 40.2 Å². The molecule has 0 aliphatic rings. The van der Waals surface area contributed by atoms with Crippen LogP contribution < -0.4 is 10.6 Å². The zero-order chi connectivity index (χ0) is 16.0. The van der Waals surface area contributed by atoms with Crippen molar-refractivity contribution in [3.8, 4) is 0 Å². The van der Waals surface area contributed by atoms with E-state index >= 15 is 0 Å². The fourth-order valence-corrected chi connectivity index (χ4v) is 2.08. The van der Waals surface area contributed by atoms with Crippen LogP contribution in [0.1, 0.15) is 31.4 Å². The van der Waals surface area contributed by atoms with Crippen LogP contribution in [-0.2, 0) is 9.59 Å². The van der Waals surface area contributed by atoms with Crippen molar-refractivity contribution in [1.82, 2.24) is 5.32 Å². The van der Waals surface area contributed by atoms with Gasteiger partial charge >= 0.3 is 11.8 Å². The van der Waals surface area contributed by atoms with Gasteiger partial charge in [0.05, 0.1) is 6.10 Å². The molecule has 5 heteroatoms. The summed E-state index contributed by atoms with van der Waals surface area (Å²) in [7, 11) is 0. The molecule has 116 valence electrons. The molecule has 2 unspecified atom stereocenters.